The van der Waals surface area contributed by atoms with E-state index in [1.807, 2.05) is 43.3 Å². The highest BCUT2D eigenvalue weighted by molar-refractivity contribution is 6.31. The molecule has 1 aliphatic carbocycles. The lowest BCUT2D eigenvalue weighted by molar-refractivity contribution is 0.219. The number of hydrogen-bond acceptors (Lipinski definition) is 1. The van der Waals surface area contributed by atoms with E-state index in [0.29, 0.717) is 10.9 Å². The molecule has 0 aromatic heterocycles. The van der Waals surface area contributed by atoms with E-state index in [0.717, 1.165) is 16.7 Å². The summed E-state index contributed by atoms with van der Waals surface area (Å²) in [5.41, 5.74) is 4.20. The molecule has 1 saturated carbocycles. The minimum absolute atomic E-state index is 0.588. The smallest absolute Gasteiger partial charge is 0.104 e. The molecule has 98 valence electrons. The van der Waals surface area contributed by atoms with E-state index in [1.165, 1.54) is 18.4 Å². The van der Waals surface area contributed by atoms with Gasteiger partial charge in [-0.3, -0.25) is 0 Å². The van der Waals surface area contributed by atoms with Crippen LogP contribution in [0.3, 0.4) is 0 Å². The van der Waals surface area contributed by atoms with Crippen LogP contribution < -0.4 is 0 Å². The molecule has 1 N–H and O–H groups in total. The molecule has 2 aromatic carbocycles. The van der Waals surface area contributed by atoms with Gasteiger partial charge >= 0.3 is 0 Å². The number of halogens is 1. The van der Waals surface area contributed by atoms with E-state index in [1.54, 1.807) is 0 Å². The molecule has 0 heterocycles. The molecule has 0 bridgehead atoms. The first-order valence-corrected chi connectivity index (χ1v) is 7.07. The molecule has 1 nitrogen and oxygen atoms in total. The van der Waals surface area contributed by atoms with E-state index < -0.39 is 6.10 Å². The van der Waals surface area contributed by atoms with Crippen LogP contribution in [-0.4, -0.2) is 5.11 Å². The SMILES string of the molecule is Cc1ccc(C(O)c2ccccc2C2CC2)cc1Cl. The van der Waals surface area contributed by atoms with E-state index in [9.17, 15) is 5.11 Å². The number of benzene rings is 2. The Hall–Kier alpha value is -1.31. The topological polar surface area (TPSA) is 20.2 Å². The Balaban J connectivity index is 1.99. The van der Waals surface area contributed by atoms with Gasteiger partial charge in [0.05, 0.1) is 0 Å². The molecule has 0 spiro atoms. The first-order chi connectivity index (χ1) is 9.16. The largest absolute Gasteiger partial charge is 0.384 e. The van der Waals surface area contributed by atoms with Gasteiger partial charge in [-0.1, -0.05) is 48.0 Å². The van der Waals surface area contributed by atoms with Gasteiger partial charge in [0, 0.05) is 5.02 Å². The highest BCUT2D eigenvalue weighted by Gasteiger charge is 2.28. The van der Waals surface area contributed by atoms with Gasteiger partial charge in [-0.25, -0.2) is 0 Å². The summed E-state index contributed by atoms with van der Waals surface area (Å²) in [6.45, 7) is 1.97. The normalized spacial score (nSPS) is 16.4. The molecule has 0 saturated heterocycles. The van der Waals surface area contributed by atoms with E-state index in [-0.39, 0.29) is 0 Å². The van der Waals surface area contributed by atoms with Gasteiger partial charge < -0.3 is 5.11 Å². The van der Waals surface area contributed by atoms with Crippen LogP contribution in [-0.2, 0) is 0 Å². The van der Waals surface area contributed by atoms with Crippen molar-refractivity contribution in [2.75, 3.05) is 0 Å². The molecule has 19 heavy (non-hydrogen) atoms. The maximum atomic E-state index is 10.6. The van der Waals surface area contributed by atoms with Crippen molar-refractivity contribution in [1.82, 2.24) is 0 Å². The Kier molecular flexibility index (Phi) is 3.34. The van der Waals surface area contributed by atoms with Crippen LogP contribution >= 0.6 is 11.6 Å². The molecule has 1 unspecified atom stereocenters. The third kappa shape index (κ3) is 2.54. The first-order valence-electron chi connectivity index (χ1n) is 6.70. The van der Waals surface area contributed by atoms with Crippen LogP contribution in [0.4, 0.5) is 0 Å². The van der Waals surface area contributed by atoms with Crippen molar-refractivity contribution >= 4 is 11.6 Å². The van der Waals surface area contributed by atoms with Crippen molar-refractivity contribution in [2.45, 2.75) is 31.8 Å². The molecule has 0 amide bonds. The lowest BCUT2D eigenvalue weighted by atomic mass is 9.94. The fourth-order valence-electron chi connectivity index (χ4n) is 2.48. The van der Waals surface area contributed by atoms with Crippen LogP contribution in [0.2, 0.25) is 5.02 Å². The predicted molar refractivity (Wildman–Crippen MR) is 78.7 cm³/mol. The summed E-state index contributed by atoms with van der Waals surface area (Å²) in [7, 11) is 0. The minimum atomic E-state index is -0.588. The summed E-state index contributed by atoms with van der Waals surface area (Å²) >= 11 is 6.15. The van der Waals surface area contributed by atoms with Gasteiger partial charge in [-0.2, -0.15) is 0 Å². The van der Waals surface area contributed by atoms with Crippen LogP contribution in [0, 0.1) is 6.92 Å². The molecular formula is C17H17ClO. The Morgan fingerprint density at radius 1 is 1.16 bits per heavy atom. The van der Waals surface area contributed by atoms with Gasteiger partial charge in [0.25, 0.3) is 0 Å². The van der Waals surface area contributed by atoms with Crippen molar-refractivity contribution in [3.63, 3.8) is 0 Å². The second kappa shape index (κ2) is 4.99. The average molecular weight is 273 g/mol. The zero-order valence-electron chi connectivity index (χ0n) is 10.9. The number of rotatable bonds is 3. The summed E-state index contributed by atoms with van der Waals surface area (Å²) in [6, 6.07) is 14.0. The quantitative estimate of drug-likeness (QED) is 0.865. The summed E-state index contributed by atoms with van der Waals surface area (Å²) in [5, 5.41) is 11.3. The number of aliphatic hydroxyl groups excluding tert-OH is 1. The van der Waals surface area contributed by atoms with Gasteiger partial charge in [0.15, 0.2) is 0 Å². The molecular weight excluding hydrogens is 256 g/mol. The second-order valence-electron chi connectivity index (χ2n) is 5.31. The van der Waals surface area contributed by atoms with Crippen molar-refractivity contribution in [3.8, 4) is 0 Å². The minimum Gasteiger partial charge on any atom is -0.384 e. The fourth-order valence-corrected chi connectivity index (χ4v) is 2.67. The first kappa shape index (κ1) is 12.7. The van der Waals surface area contributed by atoms with Crippen LogP contribution in [0.5, 0.6) is 0 Å². The Morgan fingerprint density at radius 3 is 2.58 bits per heavy atom. The average Bonchev–Trinajstić information content (AvgIpc) is 3.25. The summed E-state index contributed by atoms with van der Waals surface area (Å²) < 4.78 is 0. The maximum absolute atomic E-state index is 10.6. The van der Waals surface area contributed by atoms with Crippen molar-refractivity contribution in [3.05, 3.63) is 69.7 Å². The van der Waals surface area contributed by atoms with Crippen LogP contribution in [0.1, 0.15) is 47.1 Å². The van der Waals surface area contributed by atoms with Gasteiger partial charge in [-0.05, 0) is 54.0 Å². The highest BCUT2D eigenvalue weighted by atomic mass is 35.5. The maximum Gasteiger partial charge on any atom is 0.104 e. The predicted octanol–water partition coefficient (Wildman–Crippen LogP) is 4.61. The molecule has 2 heteroatoms. The fraction of sp³-hybridized carbons (Fsp3) is 0.294. The molecule has 0 aliphatic heterocycles. The van der Waals surface area contributed by atoms with Crippen LogP contribution in [0.25, 0.3) is 0 Å². The zero-order valence-corrected chi connectivity index (χ0v) is 11.7. The van der Waals surface area contributed by atoms with Crippen molar-refractivity contribution in [1.29, 1.82) is 0 Å². The molecule has 0 radical (unpaired) electrons. The monoisotopic (exact) mass is 272 g/mol. The van der Waals surface area contributed by atoms with E-state index >= 15 is 0 Å². The number of aliphatic hydroxyl groups is 1. The number of aryl methyl sites for hydroxylation is 1. The lowest BCUT2D eigenvalue weighted by Crippen LogP contribution is -2.03. The third-order valence-corrected chi connectivity index (χ3v) is 4.23. The Morgan fingerprint density at radius 2 is 1.89 bits per heavy atom. The molecule has 1 atom stereocenters. The summed E-state index contributed by atoms with van der Waals surface area (Å²) in [4.78, 5) is 0. The molecule has 1 fully saturated rings. The second-order valence-corrected chi connectivity index (χ2v) is 5.72. The van der Waals surface area contributed by atoms with Crippen molar-refractivity contribution < 1.29 is 5.11 Å². The molecule has 1 aliphatic rings. The standard InChI is InChI=1S/C17H17ClO/c1-11-6-7-13(10-16(11)18)17(19)15-5-3-2-4-14(15)12-8-9-12/h2-7,10,12,17,19H,8-9H2,1H3. The van der Waals surface area contributed by atoms with Gasteiger partial charge in [-0.15, -0.1) is 0 Å². The Bertz CT molecular complexity index is 602. The van der Waals surface area contributed by atoms with E-state index in [2.05, 4.69) is 6.07 Å². The van der Waals surface area contributed by atoms with Gasteiger partial charge in [0.1, 0.15) is 6.10 Å². The molecule has 3 rings (SSSR count). The van der Waals surface area contributed by atoms with Crippen LogP contribution in [0.15, 0.2) is 42.5 Å². The lowest BCUT2D eigenvalue weighted by Gasteiger charge is -2.16. The Labute approximate surface area is 118 Å². The van der Waals surface area contributed by atoms with Gasteiger partial charge in [0.2, 0.25) is 0 Å². The van der Waals surface area contributed by atoms with E-state index in [4.69, 9.17) is 11.6 Å². The summed E-state index contributed by atoms with van der Waals surface area (Å²) in [5.74, 6) is 0.631. The molecule has 2 aromatic rings. The highest BCUT2D eigenvalue weighted by Crippen LogP contribution is 2.43. The number of hydrogen-bond donors (Lipinski definition) is 1. The zero-order chi connectivity index (χ0) is 13.4. The van der Waals surface area contributed by atoms with Crippen molar-refractivity contribution in [2.24, 2.45) is 0 Å². The third-order valence-electron chi connectivity index (χ3n) is 3.82. The summed E-state index contributed by atoms with van der Waals surface area (Å²) in [6.07, 6.45) is 1.88.